The second-order valence-corrected chi connectivity index (χ2v) is 4.99. The van der Waals surface area contributed by atoms with E-state index in [1.165, 1.54) is 0 Å². The molecule has 5 heteroatoms. The molecule has 3 rings (SSSR count). The van der Waals surface area contributed by atoms with Gasteiger partial charge in [0.25, 0.3) is 0 Å². The second kappa shape index (κ2) is 4.61. The van der Waals surface area contributed by atoms with Crippen molar-refractivity contribution in [1.29, 1.82) is 0 Å². The van der Waals surface area contributed by atoms with Crippen molar-refractivity contribution in [2.45, 2.75) is 24.6 Å². The first-order chi connectivity index (χ1) is 8.75. The highest BCUT2D eigenvalue weighted by molar-refractivity contribution is 6.20. The molecule has 1 aliphatic heterocycles. The van der Waals surface area contributed by atoms with Gasteiger partial charge in [-0.15, -0.1) is 11.6 Å². The molecule has 2 aromatic rings. The number of alkyl halides is 1. The maximum atomic E-state index is 5.93. The first kappa shape index (κ1) is 11.5. The van der Waals surface area contributed by atoms with Crippen LogP contribution in [0, 0.1) is 0 Å². The molecule has 0 saturated carbocycles. The fourth-order valence-corrected chi connectivity index (χ4v) is 2.25. The lowest BCUT2D eigenvalue weighted by Gasteiger charge is -2.23. The highest BCUT2D eigenvalue weighted by Gasteiger charge is 2.27. The molecule has 1 aromatic heterocycles. The molecular weight excluding hydrogens is 252 g/mol. The van der Waals surface area contributed by atoms with Crippen LogP contribution >= 0.6 is 11.6 Å². The monoisotopic (exact) mass is 264 g/mol. The van der Waals surface area contributed by atoms with Crippen LogP contribution in [-0.2, 0) is 0 Å². The molecule has 1 aromatic carbocycles. The van der Waals surface area contributed by atoms with Gasteiger partial charge in [0, 0.05) is 5.56 Å². The molecule has 94 valence electrons. The Hall–Kier alpha value is -1.55. The number of fused-ring (bicyclic) bond motifs is 1. The Labute approximate surface area is 110 Å². The molecule has 4 nitrogen and oxygen atoms in total. The molecule has 1 aliphatic rings. The average Bonchev–Trinajstić information content (AvgIpc) is 2.87. The van der Waals surface area contributed by atoms with E-state index in [2.05, 4.69) is 10.1 Å². The Morgan fingerprint density at radius 1 is 1.39 bits per heavy atom. The molecule has 0 saturated heterocycles. The summed E-state index contributed by atoms with van der Waals surface area (Å²) in [5.41, 5.74) is 1.11. The lowest BCUT2D eigenvalue weighted by atomic mass is 9.92. The Bertz CT molecular complexity index is 553. The van der Waals surface area contributed by atoms with Crippen LogP contribution in [0.25, 0.3) is 0 Å². The van der Waals surface area contributed by atoms with Crippen LogP contribution in [0.4, 0.5) is 0 Å². The van der Waals surface area contributed by atoms with Crippen molar-refractivity contribution in [1.82, 2.24) is 10.1 Å². The van der Waals surface area contributed by atoms with Crippen molar-refractivity contribution in [3.63, 3.8) is 0 Å². The highest BCUT2D eigenvalue weighted by atomic mass is 35.5. The van der Waals surface area contributed by atoms with E-state index in [-0.39, 0.29) is 11.3 Å². The molecule has 2 heterocycles. The molecule has 0 spiro atoms. The van der Waals surface area contributed by atoms with Gasteiger partial charge in [-0.25, -0.2) is 0 Å². The Morgan fingerprint density at radius 3 is 3.00 bits per heavy atom. The smallest absolute Gasteiger partial charge is 0.244 e. The van der Waals surface area contributed by atoms with Crippen molar-refractivity contribution >= 4 is 11.6 Å². The van der Waals surface area contributed by atoms with E-state index in [0.29, 0.717) is 18.3 Å². The number of benzene rings is 1. The van der Waals surface area contributed by atoms with Gasteiger partial charge >= 0.3 is 0 Å². The maximum absolute atomic E-state index is 5.93. The van der Waals surface area contributed by atoms with Crippen molar-refractivity contribution in [2.24, 2.45) is 0 Å². The third-order valence-electron chi connectivity index (χ3n) is 3.07. The summed E-state index contributed by atoms with van der Waals surface area (Å²) >= 11 is 5.93. The van der Waals surface area contributed by atoms with Crippen molar-refractivity contribution in [2.75, 3.05) is 6.61 Å². The number of ether oxygens (including phenoxy) is 1. The molecule has 0 N–H and O–H groups in total. The summed E-state index contributed by atoms with van der Waals surface area (Å²) in [6.07, 6.45) is 0.854. The van der Waals surface area contributed by atoms with Crippen LogP contribution in [0.15, 0.2) is 28.8 Å². The number of rotatable bonds is 2. The number of hydrogen-bond donors (Lipinski definition) is 0. The van der Waals surface area contributed by atoms with E-state index in [1.807, 2.05) is 31.2 Å². The minimum Gasteiger partial charge on any atom is -0.493 e. The van der Waals surface area contributed by atoms with Gasteiger partial charge < -0.3 is 9.26 Å². The zero-order chi connectivity index (χ0) is 12.5. The van der Waals surface area contributed by atoms with Gasteiger partial charge in [-0.1, -0.05) is 23.4 Å². The number of halogens is 1. The molecule has 18 heavy (non-hydrogen) atoms. The van der Waals surface area contributed by atoms with Crippen LogP contribution in [0.1, 0.15) is 41.9 Å². The normalized spacial score (nSPS) is 20.0. The summed E-state index contributed by atoms with van der Waals surface area (Å²) in [7, 11) is 0. The number of nitrogens with zero attached hydrogens (tertiary/aromatic N) is 2. The fourth-order valence-electron chi connectivity index (χ4n) is 2.16. The maximum Gasteiger partial charge on any atom is 0.244 e. The molecule has 2 atom stereocenters. The summed E-state index contributed by atoms with van der Waals surface area (Å²) in [5, 5.41) is 3.77. The van der Waals surface area contributed by atoms with Crippen LogP contribution < -0.4 is 4.74 Å². The van der Waals surface area contributed by atoms with Gasteiger partial charge in [0.2, 0.25) is 5.89 Å². The second-order valence-electron chi connectivity index (χ2n) is 4.33. The zero-order valence-electron chi connectivity index (χ0n) is 9.97. The van der Waals surface area contributed by atoms with E-state index < -0.39 is 0 Å². The van der Waals surface area contributed by atoms with Crippen LogP contribution in [0.5, 0.6) is 5.75 Å². The van der Waals surface area contributed by atoms with Crippen molar-refractivity contribution < 1.29 is 9.26 Å². The first-order valence-electron chi connectivity index (χ1n) is 5.95. The Balaban J connectivity index is 1.97. The third-order valence-corrected chi connectivity index (χ3v) is 3.25. The molecule has 0 radical (unpaired) electrons. The van der Waals surface area contributed by atoms with Gasteiger partial charge in [-0.2, -0.15) is 4.98 Å². The molecule has 0 fully saturated rings. The van der Waals surface area contributed by atoms with Crippen LogP contribution in [0.2, 0.25) is 0 Å². The van der Waals surface area contributed by atoms with Crippen LogP contribution in [-0.4, -0.2) is 16.7 Å². The molecule has 0 bridgehead atoms. The Morgan fingerprint density at radius 2 is 2.22 bits per heavy atom. The van der Waals surface area contributed by atoms with Gasteiger partial charge in [-0.3, -0.25) is 0 Å². The summed E-state index contributed by atoms with van der Waals surface area (Å²) in [5.74, 6) is 2.19. The lowest BCUT2D eigenvalue weighted by molar-refractivity contribution is 0.272. The number of hydrogen-bond acceptors (Lipinski definition) is 4. The average molecular weight is 265 g/mol. The van der Waals surface area contributed by atoms with Crippen molar-refractivity contribution in [3.05, 3.63) is 41.5 Å². The summed E-state index contributed by atoms with van der Waals surface area (Å²) < 4.78 is 10.8. The number of aromatic nitrogens is 2. The zero-order valence-corrected chi connectivity index (χ0v) is 10.7. The van der Waals surface area contributed by atoms with E-state index in [9.17, 15) is 0 Å². The molecule has 2 unspecified atom stereocenters. The van der Waals surface area contributed by atoms with Crippen LogP contribution in [0.3, 0.4) is 0 Å². The van der Waals surface area contributed by atoms with Gasteiger partial charge in [-0.05, 0) is 19.4 Å². The first-order valence-corrected chi connectivity index (χ1v) is 6.38. The largest absolute Gasteiger partial charge is 0.493 e. The van der Waals surface area contributed by atoms with E-state index >= 15 is 0 Å². The van der Waals surface area contributed by atoms with E-state index in [4.69, 9.17) is 20.9 Å². The lowest BCUT2D eigenvalue weighted by Crippen LogP contribution is -2.16. The van der Waals surface area contributed by atoms with E-state index in [1.54, 1.807) is 0 Å². The summed E-state index contributed by atoms with van der Waals surface area (Å²) in [4.78, 5) is 4.37. The summed E-state index contributed by atoms with van der Waals surface area (Å²) in [6, 6.07) is 7.96. The minimum atomic E-state index is -0.263. The predicted molar refractivity (Wildman–Crippen MR) is 67.0 cm³/mol. The quantitative estimate of drug-likeness (QED) is 0.781. The molecular formula is C13H13ClN2O2. The third kappa shape index (κ3) is 1.97. The SMILES string of the molecule is CC(Cl)c1nc(C2CCOc3ccccc32)no1. The standard InChI is InChI=1S/C13H13ClN2O2/c1-8(14)13-15-12(16-18-13)10-6-7-17-11-5-3-2-4-9(10)11/h2-5,8,10H,6-7H2,1H3. The topological polar surface area (TPSA) is 48.2 Å². The molecule has 0 aliphatic carbocycles. The number of para-hydroxylation sites is 1. The predicted octanol–water partition coefficient (Wildman–Crippen LogP) is 3.28. The fraction of sp³-hybridized carbons (Fsp3) is 0.385. The minimum absolute atomic E-state index is 0.128. The Kier molecular flexibility index (Phi) is 2.96. The molecule has 0 amide bonds. The van der Waals surface area contributed by atoms with E-state index in [0.717, 1.165) is 17.7 Å². The highest BCUT2D eigenvalue weighted by Crippen LogP contribution is 2.37. The van der Waals surface area contributed by atoms with Gasteiger partial charge in [0.05, 0.1) is 12.5 Å². The van der Waals surface area contributed by atoms with Crippen molar-refractivity contribution in [3.8, 4) is 5.75 Å². The van der Waals surface area contributed by atoms with Gasteiger partial charge in [0.1, 0.15) is 11.1 Å². The van der Waals surface area contributed by atoms with Gasteiger partial charge in [0.15, 0.2) is 5.82 Å². The summed E-state index contributed by atoms with van der Waals surface area (Å²) in [6.45, 7) is 2.48.